The minimum atomic E-state index is 0.626. The third-order valence-corrected chi connectivity index (χ3v) is 3.94. The van der Waals surface area contributed by atoms with Crippen molar-refractivity contribution < 1.29 is 9.47 Å². The van der Waals surface area contributed by atoms with Crippen LogP contribution in [0.1, 0.15) is 11.1 Å². The summed E-state index contributed by atoms with van der Waals surface area (Å²) >= 11 is 0. The van der Waals surface area contributed by atoms with Crippen LogP contribution in [0.5, 0.6) is 5.75 Å². The van der Waals surface area contributed by atoms with Crippen LogP contribution in [-0.4, -0.2) is 39.6 Å². The summed E-state index contributed by atoms with van der Waals surface area (Å²) in [6.07, 6.45) is 1.78. The molecule has 122 valence electrons. The fourth-order valence-electron chi connectivity index (χ4n) is 2.59. The van der Waals surface area contributed by atoms with Gasteiger partial charge in [0.15, 0.2) is 0 Å². The minimum Gasteiger partial charge on any atom is -0.496 e. The van der Waals surface area contributed by atoms with E-state index in [9.17, 15) is 0 Å². The Labute approximate surface area is 141 Å². The smallest absolute Gasteiger partial charge is 0.129 e. The monoisotopic (exact) mass is 321 g/mol. The molecule has 2 aromatic carbocycles. The van der Waals surface area contributed by atoms with Crippen molar-refractivity contribution >= 4 is 17.6 Å². The molecule has 3 rings (SSSR count). The Hall–Kier alpha value is -2.84. The number of anilines is 1. The number of ether oxygens (including phenoxy) is 2. The normalized spacial score (nSPS) is 14.6. The summed E-state index contributed by atoms with van der Waals surface area (Å²) in [4.78, 5) is 6.74. The topological polar surface area (TPSA) is 57.9 Å². The third kappa shape index (κ3) is 3.73. The van der Waals surface area contributed by atoms with E-state index in [-0.39, 0.29) is 0 Å². The molecule has 0 amide bonds. The van der Waals surface area contributed by atoms with Gasteiger partial charge in [0.1, 0.15) is 5.75 Å². The molecule has 0 spiro atoms. The zero-order chi connectivity index (χ0) is 16.8. The largest absolute Gasteiger partial charge is 0.496 e. The predicted octanol–water partition coefficient (Wildman–Crippen LogP) is 3.15. The molecule has 0 bridgehead atoms. The molecule has 0 aromatic heterocycles. The van der Waals surface area contributed by atoms with E-state index >= 15 is 0 Å². The van der Waals surface area contributed by atoms with Gasteiger partial charge in [0.05, 0.1) is 37.6 Å². The zero-order valence-corrected chi connectivity index (χ0v) is 13.6. The number of nitriles is 1. The molecule has 1 aliphatic rings. The number of hydrogen-bond donors (Lipinski definition) is 0. The van der Waals surface area contributed by atoms with Gasteiger partial charge >= 0.3 is 0 Å². The highest BCUT2D eigenvalue weighted by Gasteiger charge is 2.13. The summed E-state index contributed by atoms with van der Waals surface area (Å²) in [5, 5.41) is 8.82. The first-order chi connectivity index (χ1) is 11.8. The Bertz CT molecular complexity index is 757. The molecule has 0 unspecified atom stereocenters. The molecule has 0 atom stereocenters. The van der Waals surface area contributed by atoms with E-state index in [1.54, 1.807) is 25.5 Å². The van der Waals surface area contributed by atoms with Crippen LogP contribution in [0, 0.1) is 11.3 Å². The first kappa shape index (κ1) is 16.0. The number of benzene rings is 2. The highest BCUT2D eigenvalue weighted by Crippen LogP contribution is 2.26. The second-order valence-electron chi connectivity index (χ2n) is 5.44. The van der Waals surface area contributed by atoms with Crippen LogP contribution >= 0.6 is 0 Å². The molecule has 1 fully saturated rings. The number of rotatable bonds is 4. The molecule has 1 heterocycles. The Morgan fingerprint density at radius 3 is 2.58 bits per heavy atom. The van der Waals surface area contributed by atoms with E-state index in [0.29, 0.717) is 5.56 Å². The van der Waals surface area contributed by atoms with Crippen molar-refractivity contribution in [3.63, 3.8) is 0 Å². The maximum Gasteiger partial charge on any atom is 0.129 e. The van der Waals surface area contributed by atoms with E-state index in [4.69, 9.17) is 14.7 Å². The van der Waals surface area contributed by atoms with Crippen LogP contribution in [-0.2, 0) is 4.74 Å². The molecule has 5 heteroatoms. The minimum absolute atomic E-state index is 0.626. The average molecular weight is 321 g/mol. The van der Waals surface area contributed by atoms with Crippen LogP contribution in [0.4, 0.5) is 11.4 Å². The number of morpholine rings is 1. The van der Waals surface area contributed by atoms with Gasteiger partial charge in [-0.1, -0.05) is 0 Å². The van der Waals surface area contributed by atoms with Gasteiger partial charge in [-0.05, 0) is 36.4 Å². The van der Waals surface area contributed by atoms with Crippen LogP contribution < -0.4 is 9.64 Å². The van der Waals surface area contributed by atoms with Gasteiger partial charge in [0.2, 0.25) is 0 Å². The Morgan fingerprint density at radius 2 is 1.92 bits per heavy atom. The molecular weight excluding hydrogens is 302 g/mol. The van der Waals surface area contributed by atoms with Crippen molar-refractivity contribution in [3.8, 4) is 11.8 Å². The Kier molecular flexibility index (Phi) is 5.09. The highest BCUT2D eigenvalue weighted by atomic mass is 16.5. The van der Waals surface area contributed by atoms with Gasteiger partial charge < -0.3 is 14.4 Å². The summed E-state index contributed by atoms with van der Waals surface area (Å²) < 4.78 is 10.9. The molecule has 5 nitrogen and oxygen atoms in total. The van der Waals surface area contributed by atoms with Gasteiger partial charge in [-0.3, -0.25) is 4.99 Å². The van der Waals surface area contributed by atoms with Crippen molar-refractivity contribution in [1.82, 2.24) is 0 Å². The number of hydrogen-bond acceptors (Lipinski definition) is 5. The molecule has 24 heavy (non-hydrogen) atoms. The van der Waals surface area contributed by atoms with Crippen molar-refractivity contribution in [2.75, 3.05) is 38.3 Å². The summed E-state index contributed by atoms with van der Waals surface area (Å²) in [6, 6.07) is 15.4. The van der Waals surface area contributed by atoms with E-state index < -0.39 is 0 Å². The number of methoxy groups -OCH3 is 1. The van der Waals surface area contributed by atoms with Crippen molar-refractivity contribution in [2.24, 2.45) is 4.99 Å². The fraction of sp³-hybridized carbons (Fsp3) is 0.263. The van der Waals surface area contributed by atoms with Gasteiger partial charge in [-0.15, -0.1) is 0 Å². The van der Waals surface area contributed by atoms with Crippen LogP contribution in [0.3, 0.4) is 0 Å². The van der Waals surface area contributed by atoms with Crippen LogP contribution in [0.25, 0.3) is 0 Å². The summed E-state index contributed by atoms with van der Waals surface area (Å²) in [5.74, 6) is 0.788. The second kappa shape index (κ2) is 7.62. The van der Waals surface area contributed by atoms with Gasteiger partial charge in [0.25, 0.3) is 0 Å². The maximum atomic E-state index is 8.82. The first-order valence-electron chi connectivity index (χ1n) is 7.85. The SMILES string of the molecule is COc1cc(N2CCOCC2)ccc1C=Nc1ccc(C#N)cc1. The average Bonchev–Trinajstić information content (AvgIpc) is 2.67. The molecule has 0 radical (unpaired) electrons. The summed E-state index contributed by atoms with van der Waals surface area (Å²) in [6.45, 7) is 3.29. The highest BCUT2D eigenvalue weighted by molar-refractivity contribution is 5.86. The quantitative estimate of drug-likeness (QED) is 0.812. The Balaban J connectivity index is 1.79. The van der Waals surface area contributed by atoms with Crippen LogP contribution in [0.15, 0.2) is 47.5 Å². The van der Waals surface area contributed by atoms with Crippen molar-refractivity contribution in [1.29, 1.82) is 5.26 Å². The maximum absolute atomic E-state index is 8.82. The molecule has 0 aliphatic carbocycles. The van der Waals surface area contributed by atoms with Crippen LogP contribution in [0.2, 0.25) is 0 Å². The predicted molar refractivity (Wildman–Crippen MR) is 94.4 cm³/mol. The number of nitrogens with zero attached hydrogens (tertiary/aromatic N) is 3. The van der Waals surface area contributed by atoms with E-state index in [1.807, 2.05) is 24.3 Å². The van der Waals surface area contributed by atoms with Crippen molar-refractivity contribution in [2.45, 2.75) is 0 Å². The lowest BCUT2D eigenvalue weighted by Gasteiger charge is -2.29. The standard InChI is InChI=1S/C19H19N3O2/c1-23-19-12-18(22-8-10-24-11-9-22)7-4-16(19)14-21-17-5-2-15(13-20)3-6-17/h2-7,12,14H,8-11H2,1H3. The van der Waals surface area contributed by atoms with Gasteiger partial charge in [-0.25, -0.2) is 0 Å². The molecule has 1 saturated heterocycles. The lowest BCUT2D eigenvalue weighted by molar-refractivity contribution is 0.122. The second-order valence-corrected chi connectivity index (χ2v) is 5.44. The van der Waals surface area contributed by atoms with Gasteiger partial charge in [0, 0.05) is 36.6 Å². The molecular formula is C19H19N3O2. The molecule has 0 saturated carbocycles. The van der Waals surface area contributed by atoms with E-state index in [1.165, 1.54) is 0 Å². The third-order valence-electron chi connectivity index (χ3n) is 3.94. The zero-order valence-electron chi connectivity index (χ0n) is 13.6. The van der Waals surface area contributed by atoms with E-state index in [0.717, 1.165) is 49.0 Å². The fourth-order valence-corrected chi connectivity index (χ4v) is 2.59. The van der Waals surface area contributed by atoms with E-state index in [2.05, 4.69) is 22.0 Å². The molecule has 2 aromatic rings. The van der Waals surface area contributed by atoms with Gasteiger partial charge in [-0.2, -0.15) is 5.26 Å². The summed E-state index contributed by atoms with van der Waals surface area (Å²) in [5.41, 5.74) is 3.47. The number of aliphatic imine (C=N–C) groups is 1. The molecule has 0 N–H and O–H groups in total. The lowest BCUT2D eigenvalue weighted by Crippen LogP contribution is -2.36. The summed E-state index contributed by atoms with van der Waals surface area (Å²) in [7, 11) is 1.66. The first-order valence-corrected chi connectivity index (χ1v) is 7.85. The lowest BCUT2D eigenvalue weighted by atomic mass is 10.1. The van der Waals surface area contributed by atoms with Crippen molar-refractivity contribution in [3.05, 3.63) is 53.6 Å². The Morgan fingerprint density at radius 1 is 1.17 bits per heavy atom. The molecule has 1 aliphatic heterocycles.